The number of anilines is 3. The summed E-state index contributed by atoms with van der Waals surface area (Å²) in [7, 11) is 0. The van der Waals surface area contributed by atoms with E-state index in [1.54, 1.807) is 0 Å². The van der Waals surface area contributed by atoms with Gasteiger partial charge in [-0.15, -0.1) is 0 Å². The highest BCUT2D eigenvalue weighted by Crippen LogP contribution is 2.29. The number of benzene rings is 1. The van der Waals surface area contributed by atoms with Crippen molar-refractivity contribution in [3.8, 4) is 0 Å². The number of nitrogens with zero attached hydrogens (tertiary/aromatic N) is 3. The molecule has 3 heterocycles. The molecule has 2 aromatic rings. The molecule has 2 aliphatic heterocycles. The summed E-state index contributed by atoms with van der Waals surface area (Å²) in [5, 5.41) is 2.94. The van der Waals surface area contributed by atoms with Crippen LogP contribution in [0.1, 0.15) is 12.5 Å². The van der Waals surface area contributed by atoms with Crippen LogP contribution in [0, 0.1) is 0 Å². The fraction of sp³-hybridized carbons (Fsp3) is 0.400. The maximum absolute atomic E-state index is 12.7. The summed E-state index contributed by atoms with van der Waals surface area (Å²) in [5.41, 5.74) is 3.53. The molecule has 1 N–H and O–H groups in total. The second-order valence-electron chi connectivity index (χ2n) is 6.74. The lowest BCUT2D eigenvalue weighted by molar-refractivity contribution is -0.117. The molecule has 136 valence electrons. The highest BCUT2D eigenvalue weighted by atomic mass is 16.5. The summed E-state index contributed by atoms with van der Waals surface area (Å²) < 4.78 is 5.37. The van der Waals surface area contributed by atoms with Crippen LogP contribution in [-0.2, 0) is 16.0 Å². The Balaban J connectivity index is 1.40. The van der Waals surface area contributed by atoms with Crippen molar-refractivity contribution in [2.75, 3.05) is 48.0 Å². The minimum Gasteiger partial charge on any atom is -0.378 e. The maximum atomic E-state index is 12.7. The van der Waals surface area contributed by atoms with E-state index in [4.69, 9.17) is 4.74 Å². The van der Waals surface area contributed by atoms with Gasteiger partial charge in [-0.05, 0) is 37.1 Å². The summed E-state index contributed by atoms with van der Waals surface area (Å²) in [5.74, 6) is 0.555. The lowest BCUT2D eigenvalue weighted by Gasteiger charge is -2.28. The summed E-state index contributed by atoms with van der Waals surface area (Å²) >= 11 is 0. The fourth-order valence-electron chi connectivity index (χ4n) is 3.61. The number of para-hydroxylation sites is 1. The molecule has 26 heavy (non-hydrogen) atoms. The molecule has 1 aromatic carbocycles. The Hall–Kier alpha value is -2.60. The average molecular weight is 352 g/mol. The van der Waals surface area contributed by atoms with Gasteiger partial charge in [-0.3, -0.25) is 4.79 Å². The highest BCUT2D eigenvalue weighted by Gasteiger charge is 2.27. The Morgan fingerprint density at radius 2 is 1.96 bits per heavy atom. The predicted molar refractivity (Wildman–Crippen MR) is 103 cm³/mol. The number of nitrogens with one attached hydrogen (secondary N) is 1. The van der Waals surface area contributed by atoms with Gasteiger partial charge in [-0.2, -0.15) is 0 Å². The van der Waals surface area contributed by atoms with Crippen LogP contribution in [0.3, 0.4) is 0 Å². The Kier molecular flexibility index (Phi) is 4.75. The molecule has 0 bridgehead atoms. The van der Waals surface area contributed by atoms with Gasteiger partial charge in [-0.1, -0.05) is 18.2 Å². The van der Waals surface area contributed by atoms with E-state index in [0.29, 0.717) is 5.82 Å². The van der Waals surface area contributed by atoms with E-state index < -0.39 is 0 Å². The summed E-state index contributed by atoms with van der Waals surface area (Å²) in [6, 6.07) is 11.9. The van der Waals surface area contributed by atoms with Gasteiger partial charge in [0.15, 0.2) is 0 Å². The van der Waals surface area contributed by atoms with Crippen molar-refractivity contribution in [3.63, 3.8) is 0 Å². The first-order chi connectivity index (χ1) is 12.7. The second kappa shape index (κ2) is 7.33. The second-order valence-corrected chi connectivity index (χ2v) is 6.74. The third kappa shape index (κ3) is 3.37. The van der Waals surface area contributed by atoms with Crippen molar-refractivity contribution in [3.05, 3.63) is 48.2 Å². The number of carbonyl (C=O) groups is 1. The minimum absolute atomic E-state index is 0.0340. The molecule has 1 amide bonds. The Bertz CT molecular complexity index is 772. The number of morpholine rings is 1. The van der Waals surface area contributed by atoms with Crippen LogP contribution in [0.15, 0.2) is 42.6 Å². The zero-order chi connectivity index (χ0) is 17.9. The predicted octanol–water partition coefficient (Wildman–Crippen LogP) is 2.31. The normalized spacial score (nSPS) is 17.7. The molecule has 1 aromatic heterocycles. The first-order valence-electron chi connectivity index (χ1n) is 9.16. The van der Waals surface area contributed by atoms with Crippen molar-refractivity contribution >= 4 is 23.1 Å². The molecule has 2 aliphatic rings. The molecule has 1 saturated heterocycles. The van der Waals surface area contributed by atoms with Crippen LogP contribution in [0.2, 0.25) is 0 Å². The van der Waals surface area contributed by atoms with E-state index in [0.717, 1.165) is 50.6 Å². The Labute approximate surface area is 153 Å². The van der Waals surface area contributed by atoms with E-state index in [1.165, 1.54) is 5.56 Å². The topological polar surface area (TPSA) is 57.7 Å². The van der Waals surface area contributed by atoms with Crippen LogP contribution < -0.4 is 15.1 Å². The number of rotatable bonds is 4. The fourth-order valence-corrected chi connectivity index (χ4v) is 3.61. The third-order valence-corrected chi connectivity index (χ3v) is 5.15. The lowest BCUT2D eigenvalue weighted by atomic mass is 10.1. The quantitative estimate of drug-likeness (QED) is 0.915. The standard InChI is InChI=1S/C20H24N4O2/c1-15(24-9-8-16-4-2-3-5-18(16)24)20(25)22-19-7-6-17(14-21-19)23-10-12-26-13-11-23/h2-7,14-15H,8-13H2,1H3,(H,21,22,25). The van der Waals surface area contributed by atoms with Crippen LogP contribution in [0.4, 0.5) is 17.2 Å². The van der Waals surface area contributed by atoms with E-state index in [1.807, 2.05) is 37.4 Å². The Morgan fingerprint density at radius 3 is 2.73 bits per heavy atom. The van der Waals surface area contributed by atoms with E-state index in [9.17, 15) is 4.79 Å². The summed E-state index contributed by atoms with van der Waals surface area (Å²) in [6.07, 6.45) is 2.80. The lowest BCUT2D eigenvalue weighted by Crippen LogP contribution is -2.41. The smallest absolute Gasteiger partial charge is 0.247 e. The zero-order valence-corrected chi connectivity index (χ0v) is 15.0. The van der Waals surface area contributed by atoms with Crippen LogP contribution in [-0.4, -0.2) is 49.8 Å². The zero-order valence-electron chi connectivity index (χ0n) is 15.0. The van der Waals surface area contributed by atoms with Gasteiger partial charge in [0, 0.05) is 25.3 Å². The first-order valence-corrected chi connectivity index (χ1v) is 9.16. The third-order valence-electron chi connectivity index (χ3n) is 5.15. The first kappa shape index (κ1) is 16.8. The summed E-state index contributed by atoms with van der Waals surface area (Å²) in [6.45, 7) is 6.05. The summed E-state index contributed by atoms with van der Waals surface area (Å²) in [4.78, 5) is 21.5. The number of carbonyl (C=O) groups excluding carboxylic acids is 1. The average Bonchev–Trinajstić information content (AvgIpc) is 3.13. The minimum atomic E-state index is -0.237. The largest absolute Gasteiger partial charge is 0.378 e. The number of ether oxygens (including phenoxy) is 1. The van der Waals surface area contributed by atoms with Crippen LogP contribution >= 0.6 is 0 Å². The molecule has 0 saturated carbocycles. The van der Waals surface area contributed by atoms with Crippen molar-refractivity contribution in [1.82, 2.24) is 4.98 Å². The number of hydrogen-bond acceptors (Lipinski definition) is 5. The number of hydrogen-bond donors (Lipinski definition) is 1. The monoisotopic (exact) mass is 352 g/mol. The number of amides is 1. The number of fused-ring (bicyclic) bond motifs is 1. The van der Waals surface area contributed by atoms with Crippen molar-refractivity contribution in [1.29, 1.82) is 0 Å². The molecule has 4 rings (SSSR count). The molecule has 6 heteroatoms. The van der Waals surface area contributed by atoms with Crippen molar-refractivity contribution in [2.24, 2.45) is 0 Å². The molecule has 6 nitrogen and oxygen atoms in total. The van der Waals surface area contributed by atoms with Gasteiger partial charge < -0.3 is 19.9 Å². The van der Waals surface area contributed by atoms with E-state index in [2.05, 4.69) is 32.2 Å². The van der Waals surface area contributed by atoms with E-state index >= 15 is 0 Å². The molecule has 1 unspecified atom stereocenters. The highest BCUT2D eigenvalue weighted by molar-refractivity contribution is 5.96. The van der Waals surface area contributed by atoms with Gasteiger partial charge >= 0.3 is 0 Å². The van der Waals surface area contributed by atoms with Gasteiger partial charge in [0.05, 0.1) is 25.1 Å². The van der Waals surface area contributed by atoms with Gasteiger partial charge in [0.2, 0.25) is 5.91 Å². The van der Waals surface area contributed by atoms with Crippen LogP contribution in [0.25, 0.3) is 0 Å². The number of aromatic nitrogens is 1. The maximum Gasteiger partial charge on any atom is 0.247 e. The Morgan fingerprint density at radius 1 is 1.15 bits per heavy atom. The molecule has 0 spiro atoms. The SMILES string of the molecule is CC(C(=O)Nc1ccc(N2CCOCC2)cn1)N1CCc2ccccc21. The van der Waals surface area contributed by atoms with E-state index in [-0.39, 0.29) is 11.9 Å². The van der Waals surface area contributed by atoms with Gasteiger partial charge in [0.1, 0.15) is 11.9 Å². The molecular weight excluding hydrogens is 328 g/mol. The van der Waals surface area contributed by atoms with Gasteiger partial charge in [0.25, 0.3) is 0 Å². The van der Waals surface area contributed by atoms with Crippen LogP contribution in [0.5, 0.6) is 0 Å². The van der Waals surface area contributed by atoms with Crippen molar-refractivity contribution in [2.45, 2.75) is 19.4 Å². The molecule has 1 atom stereocenters. The van der Waals surface area contributed by atoms with Crippen molar-refractivity contribution < 1.29 is 9.53 Å². The molecular formula is C20H24N4O2. The number of pyridine rings is 1. The molecule has 1 fully saturated rings. The molecule has 0 radical (unpaired) electrons. The van der Waals surface area contributed by atoms with Gasteiger partial charge in [-0.25, -0.2) is 4.98 Å². The molecule has 0 aliphatic carbocycles.